The number of nitrogens with zero attached hydrogens (tertiary/aromatic N) is 1. The molecule has 0 radical (unpaired) electrons. The molecule has 1 aromatic heterocycles. The fourth-order valence-corrected chi connectivity index (χ4v) is 3.46. The van der Waals surface area contributed by atoms with Crippen LogP contribution >= 0.6 is 51.2 Å². The second-order valence-electron chi connectivity index (χ2n) is 5.42. The van der Waals surface area contributed by atoms with Crippen LogP contribution in [0.25, 0.3) is 0 Å². The van der Waals surface area contributed by atoms with Crippen molar-refractivity contribution < 1.29 is 5.11 Å². The van der Waals surface area contributed by atoms with Crippen LogP contribution in [0.1, 0.15) is 24.3 Å². The molecule has 1 aromatic carbocycles. The lowest BCUT2D eigenvalue weighted by atomic mass is 9.96. The van der Waals surface area contributed by atoms with Gasteiger partial charge in [0.2, 0.25) is 0 Å². The SMILES string of the molecule is CCNC(=NCc1cc(Br)cs1)NCC(C)(O)c1ccccc1.I. The van der Waals surface area contributed by atoms with E-state index in [2.05, 4.69) is 37.6 Å². The summed E-state index contributed by atoms with van der Waals surface area (Å²) in [5, 5.41) is 19.1. The van der Waals surface area contributed by atoms with E-state index in [1.54, 1.807) is 18.3 Å². The highest BCUT2D eigenvalue weighted by Crippen LogP contribution is 2.21. The summed E-state index contributed by atoms with van der Waals surface area (Å²) in [4.78, 5) is 5.75. The smallest absolute Gasteiger partial charge is 0.191 e. The summed E-state index contributed by atoms with van der Waals surface area (Å²) in [5.41, 5.74) is -0.0748. The lowest BCUT2D eigenvalue weighted by Gasteiger charge is -2.25. The highest BCUT2D eigenvalue weighted by molar-refractivity contribution is 14.0. The Morgan fingerprint density at radius 2 is 2.00 bits per heavy atom. The predicted molar refractivity (Wildman–Crippen MR) is 116 cm³/mol. The molecule has 2 aromatic rings. The van der Waals surface area contributed by atoms with Crippen molar-refractivity contribution in [1.82, 2.24) is 10.6 Å². The quantitative estimate of drug-likeness (QED) is 0.303. The molecule has 0 amide bonds. The third-order valence-corrected chi connectivity index (χ3v) is 5.04. The van der Waals surface area contributed by atoms with Crippen molar-refractivity contribution in [2.75, 3.05) is 13.1 Å². The van der Waals surface area contributed by atoms with Gasteiger partial charge in [-0.1, -0.05) is 30.3 Å². The van der Waals surface area contributed by atoms with Crippen molar-refractivity contribution in [2.45, 2.75) is 26.0 Å². The van der Waals surface area contributed by atoms with Crippen molar-refractivity contribution in [3.8, 4) is 0 Å². The van der Waals surface area contributed by atoms with Crippen molar-refractivity contribution >= 4 is 57.2 Å². The summed E-state index contributed by atoms with van der Waals surface area (Å²) < 4.78 is 1.08. The maximum Gasteiger partial charge on any atom is 0.191 e. The molecule has 0 spiro atoms. The predicted octanol–water partition coefficient (Wildman–Crippen LogP) is 4.09. The van der Waals surface area contributed by atoms with E-state index >= 15 is 0 Å². The number of halogens is 2. The van der Waals surface area contributed by atoms with Gasteiger partial charge < -0.3 is 15.7 Å². The van der Waals surface area contributed by atoms with E-state index in [1.165, 1.54) is 4.88 Å². The first-order valence-electron chi connectivity index (χ1n) is 7.54. The molecule has 0 aliphatic heterocycles. The Kier molecular flexibility index (Phi) is 9.25. The van der Waals surface area contributed by atoms with Crippen LogP contribution in [0, 0.1) is 0 Å². The molecular formula is C17H23BrIN3OS. The first-order chi connectivity index (χ1) is 11.0. The minimum absolute atomic E-state index is 0. The van der Waals surface area contributed by atoms with E-state index in [1.807, 2.05) is 42.6 Å². The minimum atomic E-state index is -0.955. The standard InChI is InChI=1S/C17H22BrN3OS.HI/c1-3-19-16(20-10-15-9-14(18)11-23-15)21-12-17(2,22)13-7-5-4-6-8-13;/h4-9,11,22H,3,10,12H2,1-2H3,(H2,19,20,21);1H. The van der Waals surface area contributed by atoms with Gasteiger partial charge in [-0.15, -0.1) is 35.3 Å². The maximum absolute atomic E-state index is 10.6. The molecule has 0 bridgehead atoms. The third-order valence-electron chi connectivity index (χ3n) is 3.35. The molecule has 1 heterocycles. The molecule has 0 fully saturated rings. The average Bonchev–Trinajstić information content (AvgIpc) is 2.96. The lowest BCUT2D eigenvalue weighted by Crippen LogP contribution is -2.44. The number of aliphatic imine (C=N–C) groups is 1. The van der Waals surface area contributed by atoms with E-state index in [0.29, 0.717) is 19.0 Å². The third kappa shape index (κ3) is 6.70. The van der Waals surface area contributed by atoms with Gasteiger partial charge in [-0.05, 0) is 41.4 Å². The molecule has 3 N–H and O–H groups in total. The molecule has 1 unspecified atom stereocenters. The van der Waals surface area contributed by atoms with Gasteiger partial charge in [0, 0.05) is 21.3 Å². The first kappa shape index (κ1) is 21.4. The fraction of sp³-hybridized carbons (Fsp3) is 0.353. The number of hydrogen-bond donors (Lipinski definition) is 3. The zero-order valence-corrected chi connectivity index (χ0v) is 18.5. The van der Waals surface area contributed by atoms with E-state index < -0.39 is 5.60 Å². The number of nitrogens with one attached hydrogen (secondary N) is 2. The topological polar surface area (TPSA) is 56.7 Å². The van der Waals surface area contributed by atoms with Gasteiger partial charge in [-0.3, -0.25) is 0 Å². The molecule has 0 saturated carbocycles. The molecule has 0 saturated heterocycles. The van der Waals surface area contributed by atoms with Crippen molar-refractivity contribution in [1.29, 1.82) is 0 Å². The minimum Gasteiger partial charge on any atom is -0.384 e. The average molecular weight is 524 g/mol. The Morgan fingerprint density at radius 3 is 2.58 bits per heavy atom. The summed E-state index contributed by atoms with van der Waals surface area (Å²) in [6.07, 6.45) is 0. The van der Waals surface area contributed by atoms with Gasteiger partial charge in [0.1, 0.15) is 5.60 Å². The normalized spacial score (nSPS) is 13.8. The number of aliphatic hydroxyl groups is 1. The van der Waals surface area contributed by atoms with Crippen LogP contribution < -0.4 is 10.6 Å². The Bertz CT molecular complexity index is 646. The van der Waals surface area contributed by atoms with Crippen LogP contribution in [0.2, 0.25) is 0 Å². The monoisotopic (exact) mass is 523 g/mol. The number of benzene rings is 1. The molecule has 132 valence electrons. The van der Waals surface area contributed by atoms with Gasteiger partial charge in [-0.2, -0.15) is 0 Å². The van der Waals surface area contributed by atoms with Gasteiger partial charge in [0.15, 0.2) is 5.96 Å². The zero-order chi connectivity index (χ0) is 16.7. The number of thiophene rings is 1. The molecule has 7 heteroatoms. The van der Waals surface area contributed by atoms with E-state index in [-0.39, 0.29) is 24.0 Å². The molecular weight excluding hydrogens is 501 g/mol. The number of hydrogen-bond acceptors (Lipinski definition) is 3. The maximum atomic E-state index is 10.6. The largest absolute Gasteiger partial charge is 0.384 e. The fourth-order valence-electron chi connectivity index (χ4n) is 2.09. The number of guanidine groups is 1. The molecule has 24 heavy (non-hydrogen) atoms. The van der Waals surface area contributed by atoms with Crippen LogP contribution in [0.15, 0.2) is 51.2 Å². The summed E-state index contributed by atoms with van der Waals surface area (Å²) in [5.74, 6) is 0.702. The van der Waals surface area contributed by atoms with E-state index in [0.717, 1.165) is 16.6 Å². The highest BCUT2D eigenvalue weighted by atomic mass is 127. The van der Waals surface area contributed by atoms with E-state index in [9.17, 15) is 5.11 Å². The lowest BCUT2D eigenvalue weighted by molar-refractivity contribution is 0.0617. The van der Waals surface area contributed by atoms with Crippen LogP contribution in [-0.2, 0) is 12.1 Å². The molecule has 0 aliphatic rings. The van der Waals surface area contributed by atoms with Crippen LogP contribution in [0.5, 0.6) is 0 Å². The van der Waals surface area contributed by atoms with Gasteiger partial charge in [0.25, 0.3) is 0 Å². The molecule has 4 nitrogen and oxygen atoms in total. The zero-order valence-electron chi connectivity index (χ0n) is 13.8. The van der Waals surface area contributed by atoms with Gasteiger partial charge in [-0.25, -0.2) is 4.99 Å². The van der Waals surface area contributed by atoms with Crippen molar-refractivity contribution in [2.24, 2.45) is 4.99 Å². The molecule has 1 atom stereocenters. The van der Waals surface area contributed by atoms with Crippen molar-refractivity contribution in [3.05, 3.63) is 56.7 Å². The summed E-state index contributed by atoms with van der Waals surface area (Å²) in [6.45, 7) is 5.59. The number of rotatable bonds is 6. The molecule has 0 aliphatic carbocycles. The Balaban J connectivity index is 0.00000288. The Morgan fingerprint density at radius 1 is 1.29 bits per heavy atom. The van der Waals surface area contributed by atoms with Gasteiger partial charge >= 0.3 is 0 Å². The van der Waals surface area contributed by atoms with Crippen LogP contribution in [-0.4, -0.2) is 24.2 Å². The second kappa shape index (κ2) is 10.4. The first-order valence-corrected chi connectivity index (χ1v) is 9.21. The molecule has 2 rings (SSSR count). The Hall–Kier alpha value is -0.640. The van der Waals surface area contributed by atoms with Gasteiger partial charge in [0.05, 0.1) is 13.1 Å². The summed E-state index contributed by atoms with van der Waals surface area (Å²) in [7, 11) is 0. The van der Waals surface area contributed by atoms with Crippen LogP contribution in [0.3, 0.4) is 0 Å². The van der Waals surface area contributed by atoms with E-state index in [4.69, 9.17) is 0 Å². The Labute approximate surface area is 172 Å². The van der Waals surface area contributed by atoms with Crippen molar-refractivity contribution in [3.63, 3.8) is 0 Å². The highest BCUT2D eigenvalue weighted by Gasteiger charge is 2.22. The summed E-state index contributed by atoms with van der Waals surface area (Å²) >= 11 is 5.12. The second-order valence-corrected chi connectivity index (χ2v) is 7.33. The summed E-state index contributed by atoms with van der Waals surface area (Å²) in [6, 6.07) is 11.7. The van der Waals surface area contributed by atoms with Crippen LogP contribution in [0.4, 0.5) is 0 Å².